The Balaban J connectivity index is 2.79. The van der Waals surface area contributed by atoms with Crippen molar-refractivity contribution in [3.05, 3.63) is 77.8 Å². The Labute approximate surface area is 193 Å². The number of hydrogen-bond donors (Lipinski definition) is 3. The van der Waals surface area contributed by atoms with Crippen LogP contribution >= 0.6 is 0 Å². The van der Waals surface area contributed by atoms with Crippen LogP contribution < -0.4 is 16.5 Å². The van der Waals surface area contributed by atoms with Gasteiger partial charge in [-0.3, -0.25) is 9.69 Å². The summed E-state index contributed by atoms with van der Waals surface area (Å²) in [6, 6.07) is 0. The number of halogens is 1. The highest BCUT2D eigenvalue weighted by Gasteiger charge is 2.32. The second kappa shape index (κ2) is 14.2. The molecule has 1 atom stereocenters. The van der Waals surface area contributed by atoms with Crippen molar-refractivity contribution in [2.75, 3.05) is 19.6 Å². The van der Waals surface area contributed by atoms with E-state index in [0.29, 0.717) is 24.2 Å². The van der Waals surface area contributed by atoms with Gasteiger partial charge in [-0.05, 0) is 38.0 Å². The van der Waals surface area contributed by atoms with Crippen molar-refractivity contribution in [1.29, 1.82) is 0 Å². The van der Waals surface area contributed by atoms with E-state index >= 15 is 0 Å². The molecule has 0 saturated carbocycles. The summed E-state index contributed by atoms with van der Waals surface area (Å²) >= 11 is 0. The highest BCUT2D eigenvalue weighted by molar-refractivity contribution is 5.74. The zero-order chi connectivity index (χ0) is 24.8. The number of cyclic esters (lactones) is 1. The summed E-state index contributed by atoms with van der Waals surface area (Å²) in [5, 5.41) is 12.5. The molecule has 0 unspecified atom stereocenters. The minimum atomic E-state index is -0.604. The molecular formula is C23H31FN6O3. The Morgan fingerprint density at radius 2 is 2.15 bits per heavy atom. The number of ether oxygens (including phenoxy) is 1. The van der Waals surface area contributed by atoms with Crippen LogP contribution in [0.2, 0.25) is 0 Å². The summed E-state index contributed by atoms with van der Waals surface area (Å²) in [6.45, 7) is 13.0. The molecule has 1 aliphatic rings. The number of nitrogens with one attached hydrogen (secondary N) is 2. The first-order chi connectivity index (χ1) is 15.7. The van der Waals surface area contributed by atoms with Crippen LogP contribution in [0.5, 0.6) is 0 Å². The zero-order valence-electron chi connectivity index (χ0n) is 19.2. The van der Waals surface area contributed by atoms with E-state index < -0.39 is 18.0 Å². The van der Waals surface area contributed by atoms with Crippen LogP contribution in [-0.2, 0) is 9.53 Å². The molecule has 1 fully saturated rings. The van der Waals surface area contributed by atoms with Gasteiger partial charge in [-0.25, -0.2) is 9.18 Å². The van der Waals surface area contributed by atoms with E-state index in [1.54, 1.807) is 13.0 Å². The summed E-state index contributed by atoms with van der Waals surface area (Å²) in [4.78, 5) is 24.4. The van der Waals surface area contributed by atoms with Crippen molar-refractivity contribution < 1.29 is 18.7 Å². The highest BCUT2D eigenvalue weighted by Crippen LogP contribution is 2.18. The molecule has 0 spiro atoms. The number of carbonyl (C=O) groups is 2. The minimum absolute atomic E-state index is 0.194. The van der Waals surface area contributed by atoms with Crippen LogP contribution in [-0.4, -0.2) is 42.6 Å². The molecule has 1 saturated heterocycles. The number of carbonyl (C=O) groups excluding carboxylic acids is 2. The Hall–Kier alpha value is -3.91. The van der Waals surface area contributed by atoms with Crippen molar-refractivity contribution >= 4 is 12.0 Å². The number of allylic oxidation sites excluding steroid dienone is 6. The van der Waals surface area contributed by atoms with Crippen molar-refractivity contribution in [3.8, 4) is 0 Å². The monoisotopic (exact) mass is 458 g/mol. The van der Waals surface area contributed by atoms with Gasteiger partial charge in [0.05, 0.1) is 31.0 Å². The normalized spacial score (nSPS) is 16.8. The van der Waals surface area contributed by atoms with E-state index in [2.05, 4.69) is 39.9 Å². The van der Waals surface area contributed by atoms with Crippen molar-refractivity contribution in [1.82, 2.24) is 15.5 Å². The molecule has 0 aromatic carbocycles. The molecule has 178 valence electrons. The topological polar surface area (TPSA) is 121 Å². The molecule has 0 aromatic heterocycles. The van der Waals surface area contributed by atoms with Crippen LogP contribution in [0.4, 0.5) is 9.18 Å². The summed E-state index contributed by atoms with van der Waals surface area (Å²) in [7, 11) is 0. The molecule has 0 bridgehead atoms. The van der Waals surface area contributed by atoms with Gasteiger partial charge in [0.15, 0.2) is 0 Å². The third kappa shape index (κ3) is 9.84. The number of hydrogen-bond acceptors (Lipinski definition) is 6. The highest BCUT2D eigenvalue weighted by atomic mass is 19.1. The Kier molecular flexibility index (Phi) is 11.7. The van der Waals surface area contributed by atoms with Crippen LogP contribution in [0.3, 0.4) is 0 Å². The second-order valence-electron chi connectivity index (χ2n) is 7.05. The molecule has 4 N–H and O–H groups in total. The maximum atomic E-state index is 14.5. The standard InChI is InChI=1S/C23H31FN6O3/c1-6-19(27-13-17(4)28-29-25)10-8-9-16(3)22(24)12-11-20(7-2)30-15-21(33-23(30)32)14-26-18(5)31/h6-8,10,12,21,27H,2,4,9,13-15H2,1,3,5H3,(H2,25,28)(H,26,31)/b10-8-,19-6+,22-16-/t11?,21-/m0/s1. The fourth-order valence-corrected chi connectivity index (χ4v) is 2.63. The smallest absolute Gasteiger partial charge is 0.415 e. The third-order valence-electron chi connectivity index (χ3n) is 4.42. The molecule has 1 rings (SSSR count). The Bertz CT molecular complexity index is 942. The lowest BCUT2D eigenvalue weighted by molar-refractivity contribution is -0.119. The molecule has 1 heterocycles. The Morgan fingerprint density at radius 1 is 1.42 bits per heavy atom. The maximum Gasteiger partial charge on any atom is 0.415 e. The summed E-state index contributed by atoms with van der Waals surface area (Å²) in [5.74, 6) is 4.28. The first-order valence-electron chi connectivity index (χ1n) is 10.2. The first kappa shape index (κ1) is 27.1. The van der Waals surface area contributed by atoms with Gasteiger partial charge in [0.1, 0.15) is 11.9 Å². The van der Waals surface area contributed by atoms with E-state index in [0.717, 1.165) is 11.8 Å². The molecule has 9 nitrogen and oxygen atoms in total. The quantitative estimate of drug-likeness (QED) is 0.135. The average Bonchev–Trinajstić information content (AvgIpc) is 3.15. The first-order valence-corrected chi connectivity index (χ1v) is 10.2. The molecule has 0 aromatic rings. The van der Waals surface area contributed by atoms with Gasteiger partial charge >= 0.3 is 6.09 Å². The Morgan fingerprint density at radius 3 is 2.76 bits per heavy atom. The van der Waals surface area contributed by atoms with Crippen LogP contribution in [0.1, 0.15) is 27.2 Å². The van der Waals surface area contributed by atoms with Gasteiger partial charge in [-0.1, -0.05) is 36.3 Å². The fourth-order valence-electron chi connectivity index (χ4n) is 2.63. The van der Waals surface area contributed by atoms with Gasteiger partial charge in [-0.2, -0.15) is 0 Å². The molecule has 1 aliphatic heterocycles. The van der Waals surface area contributed by atoms with E-state index in [-0.39, 0.29) is 24.7 Å². The average molecular weight is 459 g/mol. The van der Waals surface area contributed by atoms with E-state index in [1.807, 2.05) is 19.1 Å². The predicted molar refractivity (Wildman–Crippen MR) is 125 cm³/mol. The number of amides is 2. The van der Waals surface area contributed by atoms with Gasteiger partial charge in [0.2, 0.25) is 5.91 Å². The molecule has 0 radical (unpaired) electrons. The van der Waals surface area contributed by atoms with Crippen LogP contribution in [0, 0.1) is 0 Å². The molecule has 33 heavy (non-hydrogen) atoms. The molecular weight excluding hydrogens is 427 g/mol. The van der Waals surface area contributed by atoms with Crippen molar-refractivity contribution in [2.24, 2.45) is 16.2 Å². The van der Waals surface area contributed by atoms with Crippen LogP contribution in [0.15, 0.2) is 88.1 Å². The lowest BCUT2D eigenvalue weighted by atomic mass is 10.1. The molecule has 10 heteroatoms. The minimum Gasteiger partial charge on any atom is -0.442 e. The molecule has 0 aliphatic carbocycles. The maximum absolute atomic E-state index is 14.5. The van der Waals surface area contributed by atoms with E-state index in [4.69, 9.17) is 10.6 Å². The number of rotatable bonds is 12. The molecule has 2 amide bonds. The van der Waals surface area contributed by atoms with Crippen molar-refractivity contribution in [2.45, 2.75) is 33.3 Å². The summed E-state index contributed by atoms with van der Waals surface area (Å²) in [5.41, 5.74) is 4.79. The fraction of sp³-hybridized carbons (Fsp3) is 0.348. The second-order valence-corrected chi connectivity index (χ2v) is 7.05. The largest absolute Gasteiger partial charge is 0.442 e. The van der Waals surface area contributed by atoms with Gasteiger partial charge in [0, 0.05) is 18.7 Å². The van der Waals surface area contributed by atoms with Gasteiger partial charge < -0.3 is 21.2 Å². The third-order valence-corrected chi connectivity index (χ3v) is 4.42. The van der Waals surface area contributed by atoms with Gasteiger partial charge in [0.25, 0.3) is 0 Å². The predicted octanol–water partition coefficient (Wildman–Crippen LogP) is 3.69. The SMILES string of the molecule is C=CC(=C=C/C(F)=C(\C)C/C=C\C(=C/C)NCC(=C)N=NN)N1C[C@H](CNC(C)=O)OC1=O. The number of nitrogens with zero attached hydrogens (tertiary/aromatic N) is 3. The lowest BCUT2D eigenvalue weighted by Crippen LogP contribution is -2.32. The van der Waals surface area contributed by atoms with E-state index in [9.17, 15) is 14.0 Å². The van der Waals surface area contributed by atoms with Gasteiger partial charge in [-0.15, -0.1) is 5.11 Å². The van der Waals surface area contributed by atoms with Crippen molar-refractivity contribution in [3.63, 3.8) is 0 Å². The van der Waals surface area contributed by atoms with E-state index in [1.165, 1.54) is 17.9 Å². The lowest BCUT2D eigenvalue weighted by Gasteiger charge is -2.11. The van der Waals surface area contributed by atoms with Crippen LogP contribution in [0.25, 0.3) is 0 Å². The number of nitrogens with two attached hydrogens (primary N) is 1. The summed E-state index contributed by atoms with van der Waals surface area (Å²) in [6.07, 6.45) is 7.28. The zero-order valence-corrected chi connectivity index (χ0v) is 19.2. The summed E-state index contributed by atoms with van der Waals surface area (Å²) < 4.78 is 19.7.